The van der Waals surface area contributed by atoms with Gasteiger partial charge in [-0.15, -0.1) is 0 Å². The van der Waals surface area contributed by atoms with Gasteiger partial charge in [-0.05, 0) is 21.5 Å². The summed E-state index contributed by atoms with van der Waals surface area (Å²) >= 11 is 0. The summed E-state index contributed by atoms with van der Waals surface area (Å²) in [7, 11) is -3.06. The molecule has 1 heterocycles. The smallest absolute Gasteiger partial charge is 0.171 e. The molecule has 0 N–H and O–H groups in total. The lowest BCUT2D eigenvalue weighted by Crippen LogP contribution is -2.24. The van der Waals surface area contributed by atoms with Crippen LogP contribution in [-0.4, -0.2) is 4.98 Å². The Hall–Kier alpha value is -5.04. The van der Waals surface area contributed by atoms with Gasteiger partial charge in [0.15, 0.2) is 7.14 Å². The maximum atomic E-state index is 14.9. The number of benzene rings is 7. The first-order valence-corrected chi connectivity index (χ1v) is 15.9. The second-order valence-electron chi connectivity index (χ2n) is 10.6. The standard InChI is InChI=1S/C39H26NOP/c41-42(28-13-3-1-4-14-28,29-15-5-2-6-16-29)30-25-23-27(24-26-30)38-36-22-12-10-20-34(36)37-33-19-9-7-17-31(33)32-18-8-11-21-35(32)39(37)40-38/h1-26H. The molecule has 198 valence electrons. The average molecular weight is 556 g/mol. The highest BCUT2D eigenvalue weighted by Gasteiger charge is 2.29. The van der Waals surface area contributed by atoms with Gasteiger partial charge in [0.05, 0.1) is 11.2 Å². The molecule has 0 aliphatic carbocycles. The maximum absolute atomic E-state index is 14.9. The molecule has 42 heavy (non-hydrogen) atoms. The molecular weight excluding hydrogens is 529 g/mol. The van der Waals surface area contributed by atoms with E-state index >= 15 is 0 Å². The Morgan fingerprint density at radius 2 is 0.786 bits per heavy atom. The zero-order valence-corrected chi connectivity index (χ0v) is 23.7. The Kier molecular flexibility index (Phi) is 5.77. The Balaban J connectivity index is 1.38. The molecule has 1 aromatic heterocycles. The molecule has 8 aromatic rings. The van der Waals surface area contributed by atoms with Crippen molar-refractivity contribution in [2.45, 2.75) is 0 Å². The Bertz CT molecular complexity index is 2270. The molecule has 0 atom stereocenters. The van der Waals surface area contributed by atoms with Gasteiger partial charge in [0.1, 0.15) is 0 Å². The predicted octanol–water partition coefficient (Wildman–Crippen LogP) is 9.00. The lowest BCUT2D eigenvalue weighted by Gasteiger charge is -2.20. The van der Waals surface area contributed by atoms with E-state index in [-0.39, 0.29) is 0 Å². The first-order chi connectivity index (χ1) is 20.7. The molecule has 0 radical (unpaired) electrons. The molecule has 0 aliphatic rings. The molecule has 0 aliphatic heterocycles. The van der Waals surface area contributed by atoms with Crippen molar-refractivity contribution in [3.05, 3.63) is 158 Å². The van der Waals surface area contributed by atoms with E-state index < -0.39 is 7.14 Å². The van der Waals surface area contributed by atoms with Crippen molar-refractivity contribution in [3.8, 4) is 11.3 Å². The fraction of sp³-hybridized carbons (Fsp3) is 0. The van der Waals surface area contributed by atoms with Crippen LogP contribution in [0.15, 0.2) is 158 Å². The number of aromatic nitrogens is 1. The Morgan fingerprint density at radius 1 is 0.381 bits per heavy atom. The fourth-order valence-corrected chi connectivity index (χ4v) is 9.01. The first kappa shape index (κ1) is 24.7. The minimum atomic E-state index is -3.06. The summed E-state index contributed by atoms with van der Waals surface area (Å²) in [6.45, 7) is 0. The van der Waals surface area contributed by atoms with Crippen LogP contribution < -0.4 is 15.9 Å². The minimum absolute atomic E-state index is 0.810. The van der Waals surface area contributed by atoms with Gasteiger partial charge in [-0.1, -0.05) is 158 Å². The van der Waals surface area contributed by atoms with Crippen molar-refractivity contribution < 1.29 is 4.57 Å². The number of hydrogen-bond donors (Lipinski definition) is 0. The SMILES string of the molecule is O=P(c1ccccc1)(c1ccccc1)c1ccc(-c2nc3c4ccccc4c4ccccc4c3c3ccccc23)cc1. The molecule has 3 heteroatoms. The van der Waals surface area contributed by atoms with E-state index in [1.165, 1.54) is 26.9 Å². The molecule has 0 saturated heterocycles. The lowest BCUT2D eigenvalue weighted by molar-refractivity contribution is 0.592. The van der Waals surface area contributed by atoms with Gasteiger partial charge in [-0.2, -0.15) is 0 Å². The van der Waals surface area contributed by atoms with Gasteiger partial charge in [0.25, 0.3) is 0 Å². The monoisotopic (exact) mass is 555 g/mol. The molecule has 0 amide bonds. The van der Waals surface area contributed by atoms with Crippen molar-refractivity contribution in [3.63, 3.8) is 0 Å². The molecule has 0 unspecified atom stereocenters. The second-order valence-corrected chi connectivity index (χ2v) is 13.4. The number of rotatable bonds is 4. The first-order valence-electron chi connectivity index (χ1n) is 14.2. The van der Waals surface area contributed by atoms with Crippen molar-refractivity contribution in [1.82, 2.24) is 4.98 Å². The quantitative estimate of drug-likeness (QED) is 0.160. The Labute approximate surface area is 244 Å². The number of nitrogens with zero attached hydrogens (tertiary/aromatic N) is 1. The van der Waals surface area contributed by atoms with Gasteiger partial charge in [-0.25, -0.2) is 4.98 Å². The van der Waals surface area contributed by atoms with Gasteiger partial charge in [-0.3, -0.25) is 0 Å². The van der Waals surface area contributed by atoms with Crippen molar-refractivity contribution in [2.24, 2.45) is 0 Å². The highest BCUT2D eigenvalue weighted by Crippen LogP contribution is 2.44. The van der Waals surface area contributed by atoms with Crippen LogP contribution in [-0.2, 0) is 4.57 Å². The highest BCUT2D eigenvalue weighted by molar-refractivity contribution is 7.85. The third-order valence-corrected chi connectivity index (χ3v) is 11.4. The van der Waals surface area contributed by atoms with E-state index in [9.17, 15) is 4.57 Å². The molecule has 0 bridgehead atoms. The second kappa shape index (κ2) is 9.80. The zero-order chi connectivity index (χ0) is 28.1. The van der Waals surface area contributed by atoms with E-state index in [0.717, 1.165) is 43.5 Å². The summed E-state index contributed by atoms with van der Waals surface area (Å²) in [4.78, 5) is 5.39. The van der Waals surface area contributed by atoms with Gasteiger partial charge in [0, 0.05) is 37.6 Å². The van der Waals surface area contributed by atoms with Crippen LogP contribution in [0.5, 0.6) is 0 Å². The average Bonchev–Trinajstić information content (AvgIpc) is 3.08. The molecule has 2 nitrogen and oxygen atoms in total. The van der Waals surface area contributed by atoms with Crippen molar-refractivity contribution in [1.29, 1.82) is 0 Å². The number of fused-ring (bicyclic) bond motifs is 8. The van der Waals surface area contributed by atoms with E-state index in [2.05, 4.69) is 84.9 Å². The zero-order valence-electron chi connectivity index (χ0n) is 22.8. The normalized spacial score (nSPS) is 11.9. The molecule has 8 rings (SSSR count). The van der Waals surface area contributed by atoms with Crippen LogP contribution >= 0.6 is 7.14 Å². The third-order valence-electron chi connectivity index (χ3n) is 8.32. The molecule has 0 saturated carbocycles. The third kappa shape index (κ3) is 3.73. The number of pyridine rings is 1. The van der Waals surface area contributed by atoms with Crippen LogP contribution in [0.4, 0.5) is 0 Å². The summed E-state index contributed by atoms with van der Waals surface area (Å²) in [5, 5.41) is 10.7. The van der Waals surface area contributed by atoms with Crippen molar-refractivity contribution >= 4 is 66.3 Å². The molecule has 7 aromatic carbocycles. The maximum Gasteiger partial charge on any atom is 0.171 e. The van der Waals surface area contributed by atoms with Crippen LogP contribution in [0.1, 0.15) is 0 Å². The molecule has 0 fully saturated rings. The predicted molar refractivity (Wildman–Crippen MR) is 179 cm³/mol. The van der Waals surface area contributed by atoms with Crippen LogP contribution in [0.25, 0.3) is 54.5 Å². The fourth-order valence-electron chi connectivity index (χ4n) is 6.36. The summed E-state index contributed by atoms with van der Waals surface area (Å²) in [5.41, 5.74) is 2.93. The van der Waals surface area contributed by atoms with Gasteiger partial charge in [0.2, 0.25) is 0 Å². The lowest BCUT2D eigenvalue weighted by atomic mass is 9.92. The van der Waals surface area contributed by atoms with Crippen LogP contribution in [0.3, 0.4) is 0 Å². The largest absolute Gasteiger partial charge is 0.309 e. The van der Waals surface area contributed by atoms with Gasteiger partial charge < -0.3 is 4.57 Å². The van der Waals surface area contributed by atoms with Crippen LogP contribution in [0.2, 0.25) is 0 Å². The minimum Gasteiger partial charge on any atom is -0.309 e. The Morgan fingerprint density at radius 3 is 1.36 bits per heavy atom. The molecule has 0 spiro atoms. The van der Waals surface area contributed by atoms with Crippen LogP contribution in [0, 0.1) is 0 Å². The molecular formula is C39H26NOP. The van der Waals surface area contributed by atoms with Crippen molar-refractivity contribution in [2.75, 3.05) is 0 Å². The summed E-state index contributed by atoms with van der Waals surface area (Å²) in [5.74, 6) is 0. The van der Waals surface area contributed by atoms with E-state index in [4.69, 9.17) is 4.98 Å². The summed E-state index contributed by atoms with van der Waals surface area (Å²) < 4.78 is 14.9. The summed E-state index contributed by atoms with van der Waals surface area (Å²) in [6.07, 6.45) is 0. The van der Waals surface area contributed by atoms with E-state index in [1.807, 2.05) is 72.8 Å². The summed E-state index contributed by atoms with van der Waals surface area (Å²) in [6, 6.07) is 53.6. The number of hydrogen-bond acceptors (Lipinski definition) is 2. The highest BCUT2D eigenvalue weighted by atomic mass is 31.2. The van der Waals surface area contributed by atoms with E-state index in [0.29, 0.717) is 0 Å². The topological polar surface area (TPSA) is 30.0 Å². The van der Waals surface area contributed by atoms with E-state index in [1.54, 1.807) is 0 Å². The van der Waals surface area contributed by atoms with Gasteiger partial charge >= 0.3 is 0 Å².